The van der Waals surface area contributed by atoms with Gasteiger partial charge in [-0.15, -0.1) is 11.3 Å². The van der Waals surface area contributed by atoms with Gasteiger partial charge in [0.15, 0.2) is 0 Å². The number of methoxy groups -OCH3 is 1. The number of nitrogens with zero attached hydrogens (tertiary/aromatic N) is 1. The molecule has 2 heterocycles. The van der Waals surface area contributed by atoms with Crippen LogP contribution in [0.15, 0.2) is 40.6 Å². The molecular formula is C18H20ClNO5S2. The number of hydrogen-bond acceptors (Lipinski definition) is 6. The van der Waals surface area contributed by atoms with E-state index in [9.17, 15) is 13.2 Å². The first-order chi connectivity index (χ1) is 12.9. The van der Waals surface area contributed by atoms with Crippen molar-refractivity contribution in [1.82, 2.24) is 4.31 Å². The third-order valence-electron chi connectivity index (χ3n) is 4.31. The van der Waals surface area contributed by atoms with Crippen molar-refractivity contribution in [3.8, 4) is 0 Å². The van der Waals surface area contributed by atoms with Crippen LogP contribution in [-0.4, -0.2) is 45.1 Å². The highest BCUT2D eigenvalue weighted by Gasteiger charge is 2.31. The molecule has 0 aliphatic carbocycles. The van der Waals surface area contributed by atoms with E-state index in [0.29, 0.717) is 6.61 Å². The van der Waals surface area contributed by atoms with Crippen LogP contribution in [0.2, 0.25) is 5.02 Å². The van der Waals surface area contributed by atoms with Gasteiger partial charge in [0.2, 0.25) is 10.0 Å². The van der Waals surface area contributed by atoms with Crippen LogP contribution in [0.4, 0.5) is 0 Å². The second kappa shape index (κ2) is 8.70. The number of sulfonamides is 1. The van der Waals surface area contributed by atoms with Crippen molar-refractivity contribution in [2.45, 2.75) is 30.4 Å². The molecular weight excluding hydrogens is 410 g/mol. The van der Waals surface area contributed by atoms with Crippen molar-refractivity contribution in [3.63, 3.8) is 0 Å². The van der Waals surface area contributed by atoms with Crippen LogP contribution < -0.4 is 0 Å². The molecule has 0 amide bonds. The van der Waals surface area contributed by atoms with Crippen molar-refractivity contribution in [2.75, 3.05) is 20.3 Å². The molecule has 146 valence electrons. The van der Waals surface area contributed by atoms with E-state index in [1.165, 1.54) is 41.0 Å². The van der Waals surface area contributed by atoms with Gasteiger partial charge in [0.05, 0.1) is 23.8 Å². The summed E-state index contributed by atoms with van der Waals surface area (Å²) >= 11 is 7.71. The topological polar surface area (TPSA) is 72.9 Å². The summed E-state index contributed by atoms with van der Waals surface area (Å²) in [5, 5.41) is 1.89. The van der Waals surface area contributed by atoms with E-state index in [1.807, 2.05) is 17.5 Å². The maximum atomic E-state index is 13.3. The van der Waals surface area contributed by atoms with Crippen LogP contribution in [0.5, 0.6) is 0 Å². The first-order valence-corrected chi connectivity index (χ1v) is 11.1. The van der Waals surface area contributed by atoms with Crippen LogP contribution in [0, 0.1) is 0 Å². The highest BCUT2D eigenvalue weighted by atomic mass is 35.5. The monoisotopic (exact) mass is 429 g/mol. The Labute approximate surface area is 167 Å². The third-order valence-corrected chi connectivity index (χ3v) is 7.47. The molecule has 1 aromatic heterocycles. The molecule has 1 fully saturated rings. The number of halogens is 1. The van der Waals surface area contributed by atoms with Crippen LogP contribution >= 0.6 is 22.9 Å². The molecule has 27 heavy (non-hydrogen) atoms. The lowest BCUT2D eigenvalue weighted by Crippen LogP contribution is -2.36. The minimum absolute atomic E-state index is 0.0126. The van der Waals surface area contributed by atoms with Crippen LogP contribution in [0.3, 0.4) is 0 Å². The first kappa shape index (κ1) is 20.3. The van der Waals surface area contributed by atoms with E-state index in [-0.39, 0.29) is 34.7 Å². The molecule has 1 aliphatic rings. The Morgan fingerprint density at radius 2 is 2.22 bits per heavy atom. The molecule has 9 heteroatoms. The fourth-order valence-electron chi connectivity index (χ4n) is 2.93. The molecule has 1 aliphatic heterocycles. The summed E-state index contributed by atoms with van der Waals surface area (Å²) in [7, 11) is -2.61. The number of esters is 1. The predicted octanol–water partition coefficient (Wildman–Crippen LogP) is 3.56. The van der Waals surface area contributed by atoms with Gasteiger partial charge < -0.3 is 9.47 Å². The molecule has 3 rings (SSSR count). The van der Waals surface area contributed by atoms with Gasteiger partial charge in [-0.25, -0.2) is 13.2 Å². The molecule has 0 bridgehead atoms. The number of carbonyl (C=O) groups is 1. The van der Waals surface area contributed by atoms with Gasteiger partial charge in [-0.2, -0.15) is 4.31 Å². The molecule has 0 radical (unpaired) electrons. The third kappa shape index (κ3) is 4.70. The summed E-state index contributed by atoms with van der Waals surface area (Å²) in [5.41, 5.74) is 0.199. The van der Waals surface area contributed by atoms with Crippen LogP contribution in [-0.2, 0) is 26.0 Å². The Bertz CT molecular complexity index is 892. The van der Waals surface area contributed by atoms with Gasteiger partial charge in [-0.05, 0) is 42.5 Å². The molecule has 2 aromatic rings. The van der Waals surface area contributed by atoms with E-state index in [0.717, 1.165) is 17.7 Å². The normalized spacial score (nSPS) is 17.4. The summed E-state index contributed by atoms with van der Waals surface area (Å²) in [6.45, 7) is 1.15. The molecule has 0 spiro atoms. The molecule has 6 nitrogen and oxygen atoms in total. The zero-order valence-electron chi connectivity index (χ0n) is 14.8. The summed E-state index contributed by atoms with van der Waals surface area (Å²) < 4.78 is 38.3. The number of benzene rings is 1. The lowest BCUT2D eigenvalue weighted by Gasteiger charge is -2.25. The van der Waals surface area contributed by atoms with Crippen molar-refractivity contribution in [1.29, 1.82) is 0 Å². The summed E-state index contributed by atoms with van der Waals surface area (Å²) in [6, 6.07) is 7.84. The molecule has 1 aromatic carbocycles. The van der Waals surface area contributed by atoms with Crippen molar-refractivity contribution >= 4 is 38.9 Å². The van der Waals surface area contributed by atoms with Crippen molar-refractivity contribution in [3.05, 3.63) is 51.2 Å². The molecule has 1 saturated heterocycles. The maximum Gasteiger partial charge on any atom is 0.337 e. The van der Waals surface area contributed by atoms with Gasteiger partial charge in [0, 0.05) is 24.6 Å². The smallest absolute Gasteiger partial charge is 0.337 e. The number of rotatable bonds is 7. The van der Waals surface area contributed by atoms with E-state index < -0.39 is 16.0 Å². The highest BCUT2D eigenvalue weighted by Crippen LogP contribution is 2.29. The first-order valence-electron chi connectivity index (χ1n) is 8.44. The second-order valence-electron chi connectivity index (χ2n) is 6.15. The SMILES string of the molecule is COC(=O)c1ccc(S(=O)(=O)N(Cc2cccs2)CC2CCCO2)c(Cl)c1. The number of thiophene rings is 1. The fraction of sp³-hybridized carbons (Fsp3) is 0.389. The zero-order valence-corrected chi connectivity index (χ0v) is 17.1. The van der Waals surface area contributed by atoms with Gasteiger partial charge in [-0.3, -0.25) is 0 Å². The lowest BCUT2D eigenvalue weighted by atomic mass is 10.2. The van der Waals surface area contributed by atoms with Crippen LogP contribution in [0.1, 0.15) is 28.1 Å². The maximum absolute atomic E-state index is 13.3. The molecule has 1 atom stereocenters. The lowest BCUT2D eigenvalue weighted by molar-refractivity contribution is 0.0600. The van der Waals surface area contributed by atoms with Crippen molar-refractivity contribution < 1.29 is 22.7 Å². The van der Waals surface area contributed by atoms with E-state index in [4.69, 9.17) is 16.3 Å². The summed E-state index contributed by atoms with van der Waals surface area (Å²) in [5.74, 6) is -0.573. The largest absolute Gasteiger partial charge is 0.465 e. The predicted molar refractivity (Wildman–Crippen MR) is 104 cm³/mol. The average molecular weight is 430 g/mol. The Kier molecular flexibility index (Phi) is 6.54. The van der Waals surface area contributed by atoms with E-state index >= 15 is 0 Å². The van der Waals surface area contributed by atoms with Crippen molar-refractivity contribution in [2.24, 2.45) is 0 Å². The highest BCUT2D eigenvalue weighted by molar-refractivity contribution is 7.89. The number of hydrogen-bond donors (Lipinski definition) is 0. The van der Waals surface area contributed by atoms with Gasteiger partial charge in [0.25, 0.3) is 0 Å². The number of ether oxygens (including phenoxy) is 2. The van der Waals surface area contributed by atoms with Gasteiger partial charge >= 0.3 is 5.97 Å². The molecule has 1 unspecified atom stereocenters. The standard InChI is InChI=1S/C18H20ClNO5S2/c1-24-18(21)13-6-7-17(16(19)10-13)27(22,23)20(11-14-4-2-8-25-14)12-15-5-3-9-26-15/h3,5-7,9-10,14H,2,4,8,11-12H2,1H3. The Morgan fingerprint density at radius 3 is 2.81 bits per heavy atom. The van der Waals surface area contributed by atoms with E-state index in [1.54, 1.807) is 0 Å². The molecule has 0 saturated carbocycles. The van der Waals surface area contributed by atoms with Gasteiger partial charge in [0.1, 0.15) is 4.90 Å². The number of carbonyl (C=O) groups excluding carboxylic acids is 1. The summed E-state index contributed by atoms with van der Waals surface area (Å²) in [6.07, 6.45) is 1.62. The second-order valence-corrected chi connectivity index (χ2v) is 9.49. The zero-order chi connectivity index (χ0) is 19.4. The minimum atomic E-state index is -3.87. The average Bonchev–Trinajstić information content (AvgIpc) is 3.34. The Hall–Kier alpha value is -1.45. The Morgan fingerprint density at radius 1 is 1.41 bits per heavy atom. The molecule has 0 N–H and O–H groups in total. The fourth-order valence-corrected chi connectivity index (χ4v) is 5.70. The van der Waals surface area contributed by atoms with Gasteiger partial charge in [-0.1, -0.05) is 17.7 Å². The summed E-state index contributed by atoms with van der Waals surface area (Å²) in [4.78, 5) is 12.5. The Balaban J connectivity index is 1.92. The quantitative estimate of drug-likeness (QED) is 0.629. The minimum Gasteiger partial charge on any atom is -0.465 e. The van der Waals surface area contributed by atoms with Crippen LogP contribution in [0.25, 0.3) is 0 Å². The van der Waals surface area contributed by atoms with E-state index in [2.05, 4.69) is 4.74 Å².